The van der Waals surface area contributed by atoms with Gasteiger partial charge in [-0.05, 0) is 35.2 Å². The summed E-state index contributed by atoms with van der Waals surface area (Å²) in [5.74, 6) is -0.0425. The molecule has 28 heavy (non-hydrogen) atoms. The first-order chi connectivity index (χ1) is 13.6. The summed E-state index contributed by atoms with van der Waals surface area (Å²) in [5, 5.41) is 5.16. The molecule has 1 aromatic heterocycles. The lowest BCUT2D eigenvalue weighted by Gasteiger charge is -2.32. The van der Waals surface area contributed by atoms with E-state index in [-0.39, 0.29) is 11.5 Å². The van der Waals surface area contributed by atoms with Gasteiger partial charge in [-0.1, -0.05) is 58.9 Å². The topological polar surface area (TPSA) is 69.9 Å². The molecule has 0 saturated heterocycles. The lowest BCUT2D eigenvalue weighted by molar-refractivity contribution is -0.763. The van der Waals surface area contributed by atoms with Gasteiger partial charge in [0.15, 0.2) is 0 Å². The summed E-state index contributed by atoms with van der Waals surface area (Å²) in [6, 6.07) is 15.2. The Bertz CT molecular complexity index is 1130. The number of para-hydroxylation sites is 1. The monoisotopic (exact) mass is 457 g/mol. The molecule has 0 bridgehead atoms. The van der Waals surface area contributed by atoms with Crippen molar-refractivity contribution in [3.63, 3.8) is 0 Å². The molecule has 0 fully saturated rings. The minimum Gasteiger partial charge on any atom is -0.291 e. The van der Waals surface area contributed by atoms with Crippen molar-refractivity contribution in [1.82, 2.24) is 10.1 Å². The fourth-order valence-corrected chi connectivity index (χ4v) is 4.32. The first-order valence-corrected chi connectivity index (χ1v) is 10.8. The van der Waals surface area contributed by atoms with E-state index in [9.17, 15) is 9.59 Å². The number of thioether (sulfide) groups is 1. The zero-order chi connectivity index (χ0) is 19.8. The molecule has 2 aromatic carbocycles. The van der Waals surface area contributed by atoms with E-state index in [1.54, 1.807) is 9.58 Å². The number of carbonyl (C=O) groups is 1. The lowest BCUT2D eigenvalue weighted by atomic mass is 10.0. The van der Waals surface area contributed by atoms with Crippen molar-refractivity contribution in [2.45, 2.75) is 24.7 Å². The van der Waals surface area contributed by atoms with Crippen molar-refractivity contribution in [1.29, 1.82) is 0 Å². The molecule has 142 valence electrons. The minimum absolute atomic E-state index is 0.0425. The number of benzene rings is 2. The Kier molecular flexibility index (Phi) is 5.07. The van der Waals surface area contributed by atoms with Crippen molar-refractivity contribution in [3.05, 3.63) is 68.9 Å². The van der Waals surface area contributed by atoms with Crippen LogP contribution in [-0.2, 0) is 4.79 Å². The van der Waals surface area contributed by atoms with E-state index in [0.29, 0.717) is 28.5 Å². The Balaban J connectivity index is 2.12. The smallest absolute Gasteiger partial charge is 0.291 e. The maximum absolute atomic E-state index is 13.1. The molecule has 1 aliphatic heterocycles. The number of hydrogen-bond acceptors (Lipinski definition) is 4. The SMILES string of the molecule is CCC(=O)N1c2ccccc2-c2c(=O)[nH]c(SC)n[n+]2[C@@H]1c1ccccc1Br. The molecule has 6 nitrogen and oxygen atoms in total. The van der Waals surface area contributed by atoms with E-state index in [1.807, 2.05) is 61.7 Å². The third kappa shape index (κ3) is 2.97. The molecule has 3 aromatic rings. The number of rotatable bonds is 3. The fraction of sp³-hybridized carbons (Fsp3) is 0.200. The van der Waals surface area contributed by atoms with Crippen LogP contribution in [0.4, 0.5) is 5.69 Å². The van der Waals surface area contributed by atoms with Gasteiger partial charge < -0.3 is 0 Å². The third-order valence-corrected chi connectivity index (χ3v) is 6.00. The zero-order valence-electron chi connectivity index (χ0n) is 15.3. The van der Waals surface area contributed by atoms with Crippen LogP contribution >= 0.6 is 27.7 Å². The van der Waals surface area contributed by atoms with Crippen molar-refractivity contribution in [2.75, 3.05) is 11.2 Å². The van der Waals surface area contributed by atoms with Gasteiger partial charge in [-0.2, -0.15) is 0 Å². The quantitative estimate of drug-likeness (QED) is 0.482. The molecular formula is C20H18BrN4O2S+. The van der Waals surface area contributed by atoms with Crippen molar-refractivity contribution >= 4 is 39.3 Å². The van der Waals surface area contributed by atoms with Crippen LogP contribution in [0.1, 0.15) is 25.1 Å². The van der Waals surface area contributed by atoms with Crippen LogP contribution in [0.15, 0.2) is 63.0 Å². The zero-order valence-corrected chi connectivity index (χ0v) is 17.8. The highest BCUT2D eigenvalue weighted by molar-refractivity contribution is 9.10. The molecular weight excluding hydrogens is 440 g/mol. The standard InChI is InChI=1S/C20H17BrN4O2S/c1-3-16(26)24-15-11-7-5-9-13(15)17-18(27)22-20(28-2)23-25(17)19(24)12-8-4-6-10-14(12)21/h4-11,19H,3H2,1-2H3/p+1/t19-/m1/s1. The van der Waals surface area contributed by atoms with Crippen molar-refractivity contribution in [2.24, 2.45) is 0 Å². The van der Waals surface area contributed by atoms with Crippen molar-refractivity contribution in [3.8, 4) is 11.3 Å². The molecule has 1 N–H and O–H groups in total. The van der Waals surface area contributed by atoms with Gasteiger partial charge in [0.25, 0.3) is 6.17 Å². The molecule has 1 aliphatic rings. The number of fused-ring (bicyclic) bond motifs is 3. The number of anilines is 1. The Morgan fingerprint density at radius 1 is 1.25 bits per heavy atom. The fourth-order valence-electron chi connectivity index (χ4n) is 3.47. The normalized spacial score (nSPS) is 15.1. The molecule has 0 aliphatic carbocycles. The first kappa shape index (κ1) is 18.9. The third-order valence-electron chi connectivity index (χ3n) is 4.71. The molecule has 0 unspecified atom stereocenters. The number of hydrogen-bond donors (Lipinski definition) is 1. The number of H-pyrrole nitrogens is 1. The average molecular weight is 458 g/mol. The lowest BCUT2D eigenvalue weighted by Crippen LogP contribution is -2.61. The van der Waals surface area contributed by atoms with E-state index >= 15 is 0 Å². The van der Waals surface area contributed by atoms with Gasteiger partial charge in [-0.3, -0.25) is 14.6 Å². The number of aromatic nitrogens is 3. The van der Waals surface area contributed by atoms with E-state index < -0.39 is 6.17 Å². The maximum Gasteiger partial charge on any atom is 0.325 e. The minimum atomic E-state index is -0.568. The molecule has 0 spiro atoms. The van der Waals surface area contributed by atoms with Crippen LogP contribution in [0.3, 0.4) is 0 Å². The van der Waals surface area contributed by atoms with Gasteiger partial charge in [0.1, 0.15) is 0 Å². The summed E-state index contributed by atoms with van der Waals surface area (Å²) < 4.78 is 2.51. The predicted octanol–water partition coefficient (Wildman–Crippen LogP) is 3.51. The van der Waals surface area contributed by atoms with Crippen LogP contribution in [0.5, 0.6) is 0 Å². The van der Waals surface area contributed by atoms with Crippen LogP contribution < -0.4 is 15.1 Å². The molecule has 0 saturated carbocycles. The van der Waals surface area contributed by atoms with Gasteiger partial charge in [-0.15, -0.1) is 0 Å². The Labute approximate surface area is 174 Å². The summed E-state index contributed by atoms with van der Waals surface area (Å²) in [7, 11) is 0. The van der Waals surface area contributed by atoms with Crippen LogP contribution in [0.25, 0.3) is 11.3 Å². The van der Waals surface area contributed by atoms with E-state index in [1.165, 1.54) is 11.8 Å². The molecule has 1 amide bonds. The second-order valence-corrected chi connectivity index (χ2v) is 7.94. The number of nitrogens with one attached hydrogen (secondary N) is 1. The molecule has 1 atom stereocenters. The van der Waals surface area contributed by atoms with Gasteiger partial charge in [-0.25, -0.2) is 4.90 Å². The Hall–Kier alpha value is -2.45. The molecule has 0 radical (unpaired) electrons. The maximum atomic E-state index is 13.1. The first-order valence-electron chi connectivity index (χ1n) is 8.82. The van der Waals surface area contributed by atoms with E-state index in [0.717, 1.165) is 10.0 Å². The van der Waals surface area contributed by atoms with Crippen LogP contribution in [0.2, 0.25) is 0 Å². The highest BCUT2D eigenvalue weighted by Crippen LogP contribution is 2.39. The largest absolute Gasteiger partial charge is 0.325 e. The number of halogens is 1. The van der Waals surface area contributed by atoms with Crippen molar-refractivity contribution < 1.29 is 9.48 Å². The predicted molar refractivity (Wildman–Crippen MR) is 112 cm³/mol. The molecule has 2 heterocycles. The van der Waals surface area contributed by atoms with Gasteiger partial charge >= 0.3 is 11.3 Å². The summed E-state index contributed by atoms with van der Waals surface area (Å²) in [4.78, 5) is 30.6. The van der Waals surface area contributed by atoms with Crippen LogP contribution in [0, 0.1) is 0 Å². The van der Waals surface area contributed by atoms with Gasteiger partial charge in [0.2, 0.25) is 11.1 Å². The number of amides is 1. The molecule has 4 rings (SSSR count). The number of carbonyl (C=O) groups excluding carboxylic acids is 1. The second-order valence-electron chi connectivity index (χ2n) is 6.29. The van der Waals surface area contributed by atoms with E-state index in [4.69, 9.17) is 0 Å². The molecule has 8 heteroatoms. The second kappa shape index (κ2) is 7.52. The Morgan fingerprint density at radius 3 is 2.68 bits per heavy atom. The summed E-state index contributed by atoms with van der Waals surface area (Å²) in [6.45, 7) is 1.83. The van der Waals surface area contributed by atoms with Crippen LogP contribution in [-0.4, -0.2) is 22.2 Å². The number of aromatic amines is 1. The summed E-state index contributed by atoms with van der Waals surface area (Å²) in [6.07, 6.45) is 1.62. The summed E-state index contributed by atoms with van der Waals surface area (Å²) in [5.41, 5.74) is 2.46. The van der Waals surface area contributed by atoms with E-state index in [2.05, 4.69) is 26.0 Å². The number of nitrogens with zero attached hydrogens (tertiary/aromatic N) is 3. The summed E-state index contributed by atoms with van der Waals surface area (Å²) >= 11 is 4.96. The van der Waals surface area contributed by atoms with Gasteiger partial charge in [0.05, 0.1) is 16.8 Å². The average Bonchev–Trinajstić information content (AvgIpc) is 2.72. The highest BCUT2D eigenvalue weighted by Gasteiger charge is 2.45. The Morgan fingerprint density at radius 2 is 1.96 bits per heavy atom. The van der Waals surface area contributed by atoms with Gasteiger partial charge in [0, 0.05) is 16.0 Å². The highest BCUT2D eigenvalue weighted by atomic mass is 79.9.